The highest BCUT2D eigenvalue weighted by molar-refractivity contribution is 6.09. The fourth-order valence-corrected chi connectivity index (χ4v) is 4.15. The van der Waals surface area contributed by atoms with Crippen LogP contribution >= 0.6 is 0 Å². The predicted molar refractivity (Wildman–Crippen MR) is 119 cm³/mol. The van der Waals surface area contributed by atoms with Crippen LogP contribution in [0.25, 0.3) is 16.9 Å². The molecule has 0 aliphatic carbocycles. The van der Waals surface area contributed by atoms with Crippen LogP contribution in [-0.4, -0.2) is 62.3 Å². The second kappa shape index (κ2) is 7.91. The summed E-state index contributed by atoms with van der Waals surface area (Å²) >= 11 is 0. The molecule has 2 aliphatic rings. The molecule has 0 saturated carbocycles. The number of carbonyl (C=O) groups excluding carboxylic acids is 1. The number of anilines is 2. The van der Waals surface area contributed by atoms with Crippen LogP contribution in [0.5, 0.6) is 11.5 Å². The van der Waals surface area contributed by atoms with Gasteiger partial charge in [0.1, 0.15) is 34.9 Å². The normalized spacial score (nSPS) is 15.9. The number of amides is 1. The number of nitrogens with zero attached hydrogens (tertiary/aromatic N) is 5. The summed E-state index contributed by atoms with van der Waals surface area (Å²) in [6, 6.07) is 4.71. The van der Waals surface area contributed by atoms with Crippen LogP contribution in [0.3, 0.4) is 0 Å². The van der Waals surface area contributed by atoms with Crippen LogP contribution in [0.4, 0.5) is 20.2 Å². The quantitative estimate of drug-likeness (QED) is 0.445. The van der Waals surface area contributed by atoms with E-state index in [1.807, 2.05) is 0 Å². The molecular formula is C22H19F2N7O4. The van der Waals surface area contributed by atoms with Gasteiger partial charge in [0.25, 0.3) is 5.91 Å². The van der Waals surface area contributed by atoms with Crippen molar-refractivity contribution in [3.05, 3.63) is 48.5 Å². The topological polar surface area (TPSA) is 117 Å². The zero-order chi connectivity index (χ0) is 24.2. The second-order valence-electron chi connectivity index (χ2n) is 8.38. The molecule has 2 N–H and O–H groups in total. The number of nitrogens with one attached hydrogen (secondary N) is 2. The number of alkyl halides is 2. The highest BCUT2D eigenvalue weighted by Crippen LogP contribution is 2.45. The average Bonchev–Trinajstić information content (AvgIpc) is 3.40. The van der Waals surface area contributed by atoms with Gasteiger partial charge in [-0.25, -0.2) is 9.50 Å². The average molecular weight is 483 g/mol. The number of benzene rings is 1. The molecule has 0 atom stereocenters. The molecule has 0 bridgehead atoms. The first-order valence-corrected chi connectivity index (χ1v) is 10.7. The summed E-state index contributed by atoms with van der Waals surface area (Å²) in [5, 5.41) is 14.6. The van der Waals surface area contributed by atoms with Crippen molar-refractivity contribution in [3.8, 4) is 22.8 Å². The molecule has 13 heteroatoms. The van der Waals surface area contributed by atoms with Crippen LogP contribution in [0.2, 0.25) is 0 Å². The molecule has 0 unspecified atom stereocenters. The van der Waals surface area contributed by atoms with E-state index in [4.69, 9.17) is 14.2 Å². The third-order valence-corrected chi connectivity index (χ3v) is 5.81. The van der Waals surface area contributed by atoms with Crippen molar-refractivity contribution in [2.75, 3.05) is 30.5 Å². The van der Waals surface area contributed by atoms with Crippen LogP contribution in [-0.2, 0) is 11.8 Å². The van der Waals surface area contributed by atoms with E-state index in [-0.39, 0.29) is 28.1 Å². The minimum Gasteiger partial charge on any atom is -0.489 e. The molecule has 1 amide bonds. The fourth-order valence-electron chi connectivity index (χ4n) is 4.15. The lowest BCUT2D eigenvalue weighted by atomic mass is 9.95. The second-order valence-corrected chi connectivity index (χ2v) is 8.38. The summed E-state index contributed by atoms with van der Waals surface area (Å²) < 4.78 is 45.6. The van der Waals surface area contributed by atoms with Gasteiger partial charge in [-0.1, -0.05) is 0 Å². The monoisotopic (exact) mass is 483 g/mol. The van der Waals surface area contributed by atoms with Crippen LogP contribution in [0.15, 0.2) is 43.0 Å². The van der Waals surface area contributed by atoms with E-state index >= 15 is 0 Å². The number of rotatable bonds is 5. The first-order valence-electron chi connectivity index (χ1n) is 10.7. The Balaban J connectivity index is 1.38. The molecule has 180 valence electrons. The number of halogens is 2. The Bertz CT molecular complexity index is 1450. The number of carbonyl (C=O) groups is 1. The highest BCUT2D eigenvalue weighted by Gasteiger charge is 2.43. The van der Waals surface area contributed by atoms with Gasteiger partial charge in [-0.05, 0) is 12.1 Å². The predicted octanol–water partition coefficient (Wildman–Crippen LogP) is 2.56. The van der Waals surface area contributed by atoms with Gasteiger partial charge < -0.3 is 24.8 Å². The molecule has 3 aromatic heterocycles. The fraction of sp³-hybridized carbons (Fsp3) is 0.273. The first-order chi connectivity index (χ1) is 16.9. The lowest BCUT2D eigenvalue weighted by Crippen LogP contribution is -2.61. The van der Waals surface area contributed by atoms with Gasteiger partial charge in [0, 0.05) is 31.7 Å². The standard InChI is InChI=1S/C22H19F2N7O4/c1-30-8-15(27-20(32)13-7-26-31-4-2-3-25-19(13)31)18(29-30)12-5-17-14(6-16(12)35-21(23)24)28-22(11-34-17)9-33-10-22/h2-8,21,28H,9-11H2,1H3,(H,27,32). The lowest BCUT2D eigenvalue weighted by molar-refractivity contribution is -0.0647. The van der Waals surface area contributed by atoms with Crippen LogP contribution in [0, 0.1) is 0 Å². The largest absolute Gasteiger partial charge is 0.489 e. The van der Waals surface area contributed by atoms with Crippen molar-refractivity contribution in [2.24, 2.45) is 7.05 Å². The first kappa shape index (κ1) is 21.3. The van der Waals surface area contributed by atoms with Gasteiger partial charge >= 0.3 is 6.61 Å². The zero-order valence-corrected chi connectivity index (χ0v) is 18.4. The highest BCUT2D eigenvalue weighted by atomic mass is 19.3. The Labute approximate surface area is 196 Å². The van der Waals surface area contributed by atoms with Gasteiger partial charge in [-0.2, -0.15) is 19.0 Å². The number of ether oxygens (including phenoxy) is 3. The van der Waals surface area contributed by atoms with E-state index in [1.54, 1.807) is 37.8 Å². The van der Waals surface area contributed by atoms with Gasteiger partial charge in [0.05, 0.1) is 36.3 Å². The van der Waals surface area contributed by atoms with Gasteiger partial charge in [-0.15, -0.1) is 0 Å². The minimum atomic E-state index is -3.07. The number of hydrogen-bond acceptors (Lipinski definition) is 8. The summed E-state index contributed by atoms with van der Waals surface area (Å²) in [7, 11) is 1.65. The maximum atomic E-state index is 13.3. The van der Waals surface area contributed by atoms with Crippen molar-refractivity contribution >= 4 is 22.9 Å². The van der Waals surface area contributed by atoms with E-state index < -0.39 is 12.5 Å². The molecule has 5 heterocycles. The van der Waals surface area contributed by atoms with E-state index in [0.29, 0.717) is 42.6 Å². The number of aromatic nitrogens is 5. The molecule has 0 radical (unpaired) electrons. The summed E-state index contributed by atoms with van der Waals surface area (Å²) in [6.07, 6.45) is 6.19. The van der Waals surface area contributed by atoms with Gasteiger partial charge in [0.15, 0.2) is 5.65 Å². The Morgan fingerprint density at radius 2 is 2.17 bits per heavy atom. The molecule has 6 rings (SSSR count). The van der Waals surface area contributed by atoms with Crippen molar-refractivity contribution in [3.63, 3.8) is 0 Å². The summed E-state index contributed by atoms with van der Waals surface area (Å²) in [5.41, 5.74) is 1.51. The minimum absolute atomic E-state index is 0.112. The summed E-state index contributed by atoms with van der Waals surface area (Å²) in [5.74, 6) is -0.139. The lowest BCUT2D eigenvalue weighted by Gasteiger charge is -2.45. The molecule has 1 spiro atoms. The zero-order valence-electron chi connectivity index (χ0n) is 18.4. The Morgan fingerprint density at radius 3 is 2.94 bits per heavy atom. The van der Waals surface area contributed by atoms with E-state index in [9.17, 15) is 13.6 Å². The number of fused-ring (bicyclic) bond motifs is 2. The van der Waals surface area contributed by atoms with Crippen molar-refractivity contribution in [1.82, 2.24) is 24.4 Å². The maximum absolute atomic E-state index is 13.3. The van der Waals surface area contributed by atoms with Crippen LogP contribution in [0.1, 0.15) is 10.4 Å². The SMILES string of the molecule is Cn1cc(NC(=O)c2cnn3cccnc23)c(-c2cc3c(cc2OC(F)F)NC2(COC2)CO3)n1. The molecule has 1 aromatic carbocycles. The van der Waals surface area contributed by atoms with Crippen LogP contribution < -0.4 is 20.1 Å². The summed E-state index contributed by atoms with van der Waals surface area (Å²) in [6.45, 7) is -1.80. The van der Waals surface area contributed by atoms with Gasteiger partial charge in [-0.3, -0.25) is 9.48 Å². The van der Waals surface area contributed by atoms with Crippen molar-refractivity contribution in [1.29, 1.82) is 0 Å². The third-order valence-electron chi connectivity index (χ3n) is 5.81. The molecule has 2 aliphatic heterocycles. The number of aryl methyl sites for hydroxylation is 1. The molecule has 1 saturated heterocycles. The number of hydrogen-bond donors (Lipinski definition) is 2. The molecule has 35 heavy (non-hydrogen) atoms. The molecular weight excluding hydrogens is 464 g/mol. The smallest absolute Gasteiger partial charge is 0.387 e. The van der Waals surface area contributed by atoms with E-state index in [0.717, 1.165) is 0 Å². The summed E-state index contributed by atoms with van der Waals surface area (Å²) in [4.78, 5) is 17.2. The molecule has 11 nitrogen and oxygen atoms in total. The van der Waals surface area contributed by atoms with Crippen molar-refractivity contribution < 1.29 is 27.8 Å². The van der Waals surface area contributed by atoms with E-state index in [1.165, 1.54) is 21.5 Å². The molecule has 4 aromatic rings. The Morgan fingerprint density at radius 1 is 1.31 bits per heavy atom. The molecule has 1 fully saturated rings. The Kier molecular flexibility index (Phi) is 4.81. The van der Waals surface area contributed by atoms with E-state index in [2.05, 4.69) is 25.8 Å². The van der Waals surface area contributed by atoms with Gasteiger partial charge in [0.2, 0.25) is 0 Å². The van der Waals surface area contributed by atoms with Crippen molar-refractivity contribution in [2.45, 2.75) is 12.2 Å². The Hall–Kier alpha value is -4.26. The maximum Gasteiger partial charge on any atom is 0.387 e. The third kappa shape index (κ3) is 3.69.